The second kappa shape index (κ2) is 8.60. The van der Waals surface area contributed by atoms with E-state index in [2.05, 4.69) is 0 Å². The third-order valence-electron chi connectivity index (χ3n) is 2.95. The molecule has 0 bridgehead atoms. The summed E-state index contributed by atoms with van der Waals surface area (Å²) in [6, 6.07) is 14.0. The highest BCUT2D eigenvalue weighted by molar-refractivity contribution is 8.93. The normalized spacial score (nSPS) is 10.9. The van der Waals surface area contributed by atoms with Crippen LogP contribution in [0.3, 0.4) is 0 Å². The summed E-state index contributed by atoms with van der Waals surface area (Å²) in [5, 5.41) is 9.46. The van der Waals surface area contributed by atoms with Gasteiger partial charge in [-0.25, -0.2) is 4.79 Å². The summed E-state index contributed by atoms with van der Waals surface area (Å²) in [6.45, 7) is 0. The van der Waals surface area contributed by atoms with Crippen LogP contribution in [0.2, 0.25) is 0 Å². The van der Waals surface area contributed by atoms with Crippen LogP contribution in [-0.4, -0.2) is 24.0 Å². The summed E-state index contributed by atoms with van der Waals surface area (Å²) in [5.41, 5.74) is 6.71. The Hall–Kier alpha value is -1.79. The van der Waals surface area contributed by atoms with Gasteiger partial charge in [-0.2, -0.15) is 0 Å². The lowest BCUT2D eigenvalue weighted by atomic mass is 10.1. The van der Waals surface area contributed by atoms with E-state index in [4.69, 9.17) is 15.9 Å². The Morgan fingerprint density at radius 1 is 1.27 bits per heavy atom. The highest BCUT2D eigenvalue weighted by Crippen LogP contribution is 2.19. The lowest BCUT2D eigenvalue weighted by Gasteiger charge is -2.06. The lowest BCUT2D eigenvalue weighted by Crippen LogP contribution is -2.11. The van der Waals surface area contributed by atoms with Crippen LogP contribution in [0, 0.1) is 5.41 Å². The van der Waals surface area contributed by atoms with E-state index in [9.17, 15) is 4.79 Å². The molecule has 0 radical (unpaired) electrons. The van der Waals surface area contributed by atoms with Crippen molar-refractivity contribution in [3.05, 3.63) is 53.6 Å². The van der Waals surface area contributed by atoms with Gasteiger partial charge < -0.3 is 10.5 Å². The number of hydrogen-bond acceptors (Lipinski definition) is 4. The largest absolute Gasteiger partial charge is 0.466 e. The minimum atomic E-state index is -0.406. The predicted octanol–water partition coefficient (Wildman–Crippen LogP) is 3.60. The van der Waals surface area contributed by atoms with Gasteiger partial charge in [0.15, 0.2) is 5.17 Å². The molecule has 3 N–H and O–H groups in total. The molecule has 116 valence electrons. The van der Waals surface area contributed by atoms with Gasteiger partial charge in [-0.05, 0) is 28.5 Å². The summed E-state index contributed by atoms with van der Waals surface area (Å²) in [7, 11) is 1.34. The van der Waals surface area contributed by atoms with Crippen molar-refractivity contribution >= 4 is 56.7 Å². The minimum absolute atomic E-state index is 0. The smallest absolute Gasteiger partial charge is 0.334 e. The van der Waals surface area contributed by atoms with Crippen molar-refractivity contribution in [3.63, 3.8) is 0 Å². The lowest BCUT2D eigenvalue weighted by molar-refractivity contribution is -0.135. The summed E-state index contributed by atoms with van der Waals surface area (Å²) in [4.78, 5) is 11.8. The molecule has 2 aromatic rings. The third kappa shape index (κ3) is 4.89. The maximum Gasteiger partial charge on any atom is 0.334 e. The number of benzene rings is 2. The highest BCUT2D eigenvalue weighted by atomic mass is 79.9. The Kier molecular flexibility index (Phi) is 7.14. The molecule has 2 rings (SSSR count). The van der Waals surface area contributed by atoms with E-state index in [0.29, 0.717) is 11.3 Å². The quantitative estimate of drug-likeness (QED) is 0.367. The highest BCUT2D eigenvalue weighted by Gasteiger charge is 2.10. The molecule has 0 saturated heterocycles. The molecular formula is C16H17BrN2O2S. The van der Waals surface area contributed by atoms with Gasteiger partial charge in [0, 0.05) is 11.3 Å². The zero-order chi connectivity index (χ0) is 15.2. The molecule has 22 heavy (non-hydrogen) atoms. The summed E-state index contributed by atoms with van der Waals surface area (Å²) >= 11 is 1.10. The maximum absolute atomic E-state index is 11.8. The number of carbonyl (C=O) groups is 1. The first-order valence-electron chi connectivity index (χ1n) is 6.34. The molecule has 0 amide bonds. The van der Waals surface area contributed by atoms with Gasteiger partial charge in [0.05, 0.1) is 7.11 Å². The average molecular weight is 381 g/mol. The first kappa shape index (κ1) is 18.3. The maximum atomic E-state index is 11.8. The number of esters is 1. The number of methoxy groups -OCH3 is 1. The van der Waals surface area contributed by atoms with E-state index in [1.165, 1.54) is 7.11 Å². The molecule has 0 unspecified atom stereocenters. The van der Waals surface area contributed by atoms with Gasteiger partial charge in [-0.3, -0.25) is 5.41 Å². The summed E-state index contributed by atoms with van der Waals surface area (Å²) < 4.78 is 4.77. The van der Waals surface area contributed by atoms with Crippen LogP contribution in [0.4, 0.5) is 0 Å². The van der Waals surface area contributed by atoms with E-state index >= 15 is 0 Å². The molecule has 0 atom stereocenters. The number of ether oxygens (including phenoxy) is 1. The molecule has 0 heterocycles. The van der Waals surface area contributed by atoms with Crippen molar-refractivity contribution in [2.45, 2.75) is 0 Å². The molecule has 0 spiro atoms. The van der Waals surface area contributed by atoms with Crippen molar-refractivity contribution < 1.29 is 9.53 Å². The first-order chi connectivity index (χ1) is 10.1. The molecule has 2 aromatic carbocycles. The van der Waals surface area contributed by atoms with E-state index < -0.39 is 5.97 Å². The second-order valence-corrected chi connectivity index (χ2v) is 5.44. The van der Waals surface area contributed by atoms with Crippen molar-refractivity contribution in [1.29, 1.82) is 5.41 Å². The van der Waals surface area contributed by atoms with Crippen LogP contribution in [0.15, 0.2) is 48.0 Å². The van der Waals surface area contributed by atoms with Crippen LogP contribution in [0.5, 0.6) is 0 Å². The molecular weight excluding hydrogens is 364 g/mol. The number of rotatable bonds is 4. The molecule has 0 aromatic heterocycles. The standard InChI is InChI=1S/C16H16N2O2S.BrH/c1-20-15(19)14(10-21-16(17)18)9-11-6-7-12-4-2-3-5-13(12)8-11;/h2-9H,10H2,1H3,(H3,17,18);1H/b14-9+;. The Morgan fingerprint density at radius 2 is 1.95 bits per heavy atom. The van der Waals surface area contributed by atoms with Gasteiger partial charge in [0.2, 0.25) is 0 Å². The van der Waals surface area contributed by atoms with E-state index in [1.807, 2.05) is 42.5 Å². The fourth-order valence-corrected chi connectivity index (χ4v) is 2.46. The van der Waals surface area contributed by atoms with Crippen molar-refractivity contribution in [3.8, 4) is 0 Å². The van der Waals surface area contributed by atoms with Crippen LogP contribution in [-0.2, 0) is 9.53 Å². The Balaban J connectivity index is 0.00000242. The van der Waals surface area contributed by atoms with Crippen LogP contribution >= 0.6 is 28.7 Å². The number of amidine groups is 1. The Morgan fingerprint density at radius 3 is 2.59 bits per heavy atom. The predicted molar refractivity (Wildman–Crippen MR) is 98.6 cm³/mol. The third-order valence-corrected chi connectivity index (χ3v) is 3.71. The Bertz CT molecular complexity index is 716. The monoisotopic (exact) mass is 380 g/mol. The molecule has 0 aliphatic carbocycles. The minimum Gasteiger partial charge on any atom is -0.466 e. The van der Waals surface area contributed by atoms with Gasteiger partial charge in [-0.1, -0.05) is 48.2 Å². The van der Waals surface area contributed by atoms with Crippen LogP contribution < -0.4 is 5.73 Å². The number of fused-ring (bicyclic) bond motifs is 1. The van der Waals surface area contributed by atoms with E-state index in [0.717, 1.165) is 28.1 Å². The van der Waals surface area contributed by atoms with E-state index in [-0.39, 0.29) is 22.1 Å². The van der Waals surface area contributed by atoms with Crippen LogP contribution in [0.1, 0.15) is 5.56 Å². The Labute approximate surface area is 144 Å². The average Bonchev–Trinajstić information content (AvgIpc) is 2.50. The number of nitrogens with two attached hydrogens (primary N) is 1. The SMILES string of the molecule is Br.COC(=O)/C(=C/c1ccc2ccccc2c1)CSC(=N)N. The molecule has 4 nitrogen and oxygen atoms in total. The number of carbonyl (C=O) groups excluding carboxylic acids is 1. The number of halogens is 1. The molecule has 0 fully saturated rings. The first-order valence-corrected chi connectivity index (χ1v) is 7.33. The van der Waals surface area contributed by atoms with Gasteiger partial charge >= 0.3 is 5.97 Å². The summed E-state index contributed by atoms with van der Waals surface area (Å²) in [5.74, 6) is -0.0913. The molecule has 0 saturated carbocycles. The molecule has 0 aliphatic heterocycles. The second-order valence-electron chi connectivity index (χ2n) is 4.42. The van der Waals surface area contributed by atoms with Gasteiger partial charge in [-0.15, -0.1) is 17.0 Å². The summed E-state index contributed by atoms with van der Waals surface area (Å²) in [6.07, 6.45) is 1.77. The van der Waals surface area contributed by atoms with Crippen molar-refractivity contribution in [1.82, 2.24) is 0 Å². The van der Waals surface area contributed by atoms with Crippen molar-refractivity contribution in [2.75, 3.05) is 12.9 Å². The van der Waals surface area contributed by atoms with Gasteiger partial charge in [0.1, 0.15) is 0 Å². The number of hydrogen-bond donors (Lipinski definition) is 2. The number of nitrogens with one attached hydrogen (secondary N) is 1. The van der Waals surface area contributed by atoms with Gasteiger partial charge in [0.25, 0.3) is 0 Å². The molecule has 0 aliphatic rings. The zero-order valence-electron chi connectivity index (χ0n) is 12.0. The molecule has 6 heteroatoms. The number of thioether (sulfide) groups is 1. The van der Waals surface area contributed by atoms with Crippen molar-refractivity contribution in [2.24, 2.45) is 5.73 Å². The fraction of sp³-hybridized carbons (Fsp3) is 0.125. The topological polar surface area (TPSA) is 76.2 Å². The fourth-order valence-electron chi connectivity index (χ4n) is 1.94. The van der Waals surface area contributed by atoms with Crippen LogP contribution in [0.25, 0.3) is 16.8 Å². The zero-order valence-corrected chi connectivity index (χ0v) is 14.6. The van der Waals surface area contributed by atoms with E-state index in [1.54, 1.807) is 6.08 Å².